The Morgan fingerprint density at radius 3 is 2.55 bits per heavy atom. The number of phenolic OH excluding ortho intramolecular Hbond substituents is 1. The molecule has 0 saturated carbocycles. The number of carboxylic acids is 1. The van der Waals surface area contributed by atoms with Gasteiger partial charge in [0.15, 0.2) is 0 Å². The first-order valence-electron chi connectivity index (χ1n) is 14.9. The number of carboxylic acid groups (broad SMARTS) is 1. The van der Waals surface area contributed by atoms with E-state index < -0.39 is 24.9 Å². The second kappa shape index (κ2) is 13.1. The molecule has 0 spiro atoms. The first-order valence-corrected chi connectivity index (χ1v) is 14.9. The summed E-state index contributed by atoms with van der Waals surface area (Å²) in [5.74, 6) is -2.18. The summed E-state index contributed by atoms with van der Waals surface area (Å²) in [5.41, 5.74) is 5.09. The van der Waals surface area contributed by atoms with Crippen LogP contribution in [0.5, 0.6) is 5.75 Å². The van der Waals surface area contributed by atoms with Crippen LogP contribution in [0.15, 0.2) is 65.7 Å². The van der Waals surface area contributed by atoms with Crippen molar-refractivity contribution in [2.75, 3.05) is 6.54 Å². The quantitative estimate of drug-likeness (QED) is 0.112. The number of nitrogens with zero attached hydrogens (tertiary/aromatic N) is 1. The number of carbonyl (C=O) groups excluding carboxylic acids is 2. The van der Waals surface area contributed by atoms with Gasteiger partial charge in [-0.2, -0.15) is 0 Å². The van der Waals surface area contributed by atoms with Crippen molar-refractivity contribution < 1.29 is 34.3 Å². The minimum atomic E-state index is -1.03. The largest absolute Gasteiger partial charge is 0.508 e. The number of allylic oxidation sites excluding steroid dienone is 2. The molecule has 3 aliphatic rings. The Morgan fingerprint density at radius 1 is 1.02 bits per heavy atom. The van der Waals surface area contributed by atoms with E-state index in [0.717, 1.165) is 27.8 Å². The second-order valence-corrected chi connectivity index (χ2v) is 11.7. The lowest BCUT2D eigenvalue weighted by molar-refractivity contribution is -0.141. The van der Waals surface area contributed by atoms with Gasteiger partial charge in [0.25, 0.3) is 0 Å². The van der Waals surface area contributed by atoms with Gasteiger partial charge in [-0.3, -0.25) is 19.3 Å². The number of aromatic hydroxyl groups is 1. The molecule has 2 fully saturated rings. The Labute approximate surface area is 246 Å². The first kappa shape index (κ1) is 29.8. The Bertz CT molecular complexity index is 1390. The van der Waals surface area contributed by atoms with E-state index in [0.29, 0.717) is 45.1 Å². The Kier molecular flexibility index (Phi) is 9.29. The minimum Gasteiger partial charge on any atom is -0.508 e. The van der Waals surface area contributed by atoms with Crippen molar-refractivity contribution in [2.24, 2.45) is 17.8 Å². The highest BCUT2D eigenvalue weighted by Crippen LogP contribution is 2.50. The van der Waals surface area contributed by atoms with E-state index >= 15 is 0 Å². The maximum Gasteiger partial charge on any atom is 0.455 e. The van der Waals surface area contributed by atoms with E-state index in [9.17, 15) is 24.5 Å². The lowest BCUT2D eigenvalue weighted by atomic mass is 9.58. The Morgan fingerprint density at radius 2 is 1.81 bits per heavy atom. The number of carbonyl (C=O) groups is 3. The smallest absolute Gasteiger partial charge is 0.455 e. The molecule has 2 aromatic rings. The number of unbranched alkanes of at least 4 members (excludes halogenated alkanes) is 2. The number of imide groups is 1. The number of phenols is 1. The number of aliphatic carboxylic acids is 1. The van der Waals surface area contributed by atoms with Crippen LogP contribution in [0.25, 0.3) is 11.6 Å². The molecular formula is C33H38BNO7. The Balaban J connectivity index is 1.34. The molecule has 4 atom stereocenters. The van der Waals surface area contributed by atoms with Gasteiger partial charge in [0.1, 0.15) is 5.75 Å². The van der Waals surface area contributed by atoms with Crippen LogP contribution in [0.1, 0.15) is 63.0 Å². The third-order valence-electron chi connectivity index (χ3n) is 8.85. The fourth-order valence-corrected chi connectivity index (χ4v) is 6.98. The van der Waals surface area contributed by atoms with Crippen molar-refractivity contribution in [3.8, 4) is 5.75 Å². The first-order chi connectivity index (χ1) is 20.2. The lowest BCUT2D eigenvalue weighted by Gasteiger charge is -2.42. The van der Waals surface area contributed by atoms with Gasteiger partial charge < -0.3 is 19.9 Å². The van der Waals surface area contributed by atoms with Crippen LogP contribution in [-0.2, 0) is 19.0 Å². The minimum absolute atomic E-state index is 0.0793. The number of hydrogen-bond donors (Lipinski definition) is 3. The molecule has 0 radical (unpaired) electrons. The number of likely N-dealkylation sites (tertiary alicyclic amines) is 1. The summed E-state index contributed by atoms with van der Waals surface area (Å²) in [4.78, 5) is 39.1. The van der Waals surface area contributed by atoms with Gasteiger partial charge >= 0.3 is 13.1 Å². The van der Waals surface area contributed by atoms with Crippen molar-refractivity contribution >= 4 is 36.6 Å². The third kappa shape index (κ3) is 6.52. The third-order valence-corrected chi connectivity index (χ3v) is 8.85. The standard InChI is InChI=1S/C33H38BNO7/c1-21-17-26-31(33(40)35(32(26)39)16-7-3-6-13-29(37)38)27-20-34(41)42-28(30(21)27)15-14-24(23-10-4-2-5-11-23)18-22-9-8-12-25(36)19-22/h2,4-5,8-12,18-19,26-28,31,36,41H,3,6-7,13-17,20H2,1H3,(H,37,38)/b24-18-/t26-,27+,28-,31-/m1/s1. The number of benzene rings is 2. The zero-order chi connectivity index (χ0) is 29.8. The van der Waals surface area contributed by atoms with E-state index in [1.165, 1.54) is 4.90 Å². The van der Waals surface area contributed by atoms with Gasteiger partial charge in [-0.15, -0.1) is 0 Å². The van der Waals surface area contributed by atoms with Gasteiger partial charge in [-0.25, -0.2) is 0 Å². The monoisotopic (exact) mass is 571 g/mol. The molecule has 2 saturated heterocycles. The van der Waals surface area contributed by atoms with Gasteiger partial charge in [0, 0.05) is 13.0 Å². The summed E-state index contributed by atoms with van der Waals surface area (Å²) in [6.07, 6.45) is 5.49. The molecule has 2 aliphatic heterocycles. The number of hydrogen-bond acceptors (Lipinski definition) is 6. The molecular weight excluding hydrogens is 533 g/mol. The molecule has 2 aromatic carbocycles. The van der Waals surface area contributed by atoms with Crippen LogP contribution >= 0.6 is 0 Å². The topological polar surface area (TPSA) is 124 Å². The van der Waals surface area contributed by atoms with E-state index in [1.54, 1.807) is 18.2 Å². The summed E-state index contributed by atoms with van der Waals surface area (Å²) < 4.78 is 6.10. The van der Waals surface area contributed by atoms with E-state index in [2.05, 4.69) is 6.08 Å². The number of rotatable bonds is 11. The molecule has 5 rings (SSSR count). The van der Waals surface area contributed by atoms with E-state index in [4.69, 9.17) is 9.76 Å². The van der Waals surface area contributed by atoms with Crippen LogP contribution in [0.3, 0.4) is 0 Å². The maximum atomic E-state index is 13.6. The predicted octanol–water partition coefficient (Wildman–Crippen LogP) is 5.17. The maximum absolute atomic E-state index is 13.6. The van der Waals surface area contributed by atoms with Crippen LogP contribution in [0.2, 0.25) is 6.32 Å². The van der Waals surface area contributed by atoms with Crippen molar-refractivity contribution in [1.82, 2.24) is 4.90 Å². The zero-order valence-corrected chi connectivity index (χ0v) is 23.9. The summed E-state index contributed by atoms with van der Waals surface area (Å²) in [6.45, 7) is 2.31. The van der Waals surface area contributed by atoms with Crippen molar-refractivity contribution in [2.45, 2.75) is 64.3 Å². The molecule has 3 N–H and O–H groups in total. The summed E-state index contributed by atoms with van der Waals surface area (Å²) in [7, 11) is -1.03. The van der Waals surface area contributed by atoms with Crippen LogP contribution in [0, 0.1) is 17.8 Å². The van der Waals surface area contributed by atoms with Crippen molar-refractivity contribution in [3.63, 3.8) is 0 Å². The molecule has 9 heteroatoms. The molecule has 2 heterocycles. The predicted molar refractivity (Wildman–Crippen MR) is 160 cm³/mol. The lowest BCUT2D eigenvalue weighted by Crippen LogP contribution is -2.46. The molecule has 1 aliphatic carbocycles. The highest BCUT2D eigenvalue weighted by atomic mass is 16.5. The number of fused-ring (bicyclic) bond motifs is 3. The molecule has 42 heavy (non-hydrogen) atoms. The summed E-state index contributed by atoms with van der Waals surface area (Å²) in [6, 6.07) is 17.1. The average Bonchev–Trinajstić information content (AvgIpc) is 3.19. The fourth-order valence-electron chi connectivity index (χ4n) is 6.98. The SMILES string of the molecule is CC1=C2[C@@H](CC/C(=C/c3cccc(O)c3)c3ccccc3)OB(O)C[C@@H]2[C@@H]2C(=O)N(CCCCCC(=O)O)C(=O)[C@@H]2C1. The van der Waals surface area contributed by atoms with E-state index in [1.807, 2.05) is 43.3 Å². The van der Waals surface area contributed by atoms with E-state index in [-0.39, 0.29) is 42.3 Å². The molecule has 0 unspecified atom stereocenters. The van der Waals surface area contributed by atoms with Gasteiger partial charge in [0.05, 0.1) is 17.9 Å². The molecule has 2 amide bonds. The normalized spacial score (nSPS) is 24.2. The molecule has 0 aromatic heterocycles. The highest BCUT2D eigenvalue weighted by molar-refractivity contribution is 6.43. The van der Waals surface area contributed by atoms with Gasteiger partial charge in [0.2, 0.25) is 11.8 Å². The molecule has 220 valence electrons. The molecule has 8 nitrogen and oxygen atoms in total. The van der Waals surface area contributed by atoms with Gasteiger partial charge in [-0.1, -0.05) is 60.5 Å². The van der Waals surface area contributed by atoms with Crippen LogP contribution in [0.4, 0.5) is 0 Å². The second-order valence-electron chi connectivity index (χ2n) is 11.7. The average molecular weight is 571 g/mol. The number of amides is 2. The van der Waals surface area contributed by atoms with Crippen molar-refractivity contribution in [1.29, 1.82) is 0 Å². The highest BCUT2D eigenvalue weighted by Gasteiger charge is 2.56. The summed E-state index contributed by atoms with van der Waals surface area (Å²) in [5, 5.41) is 29.6. The zero-order valence-electron chi connectivity index (χ0n) is 23.9. The van der Waals surface area contributed by atoms with Crippen LogP contribution in [-0.4, -0.2) is 57.7 Å². The Hall–Kier alpha value is -3.69. The van der Waals surface area contributed by atoms with Crippen molar-refractivity contribution in [3.05, 3.63) is 76.9 Å². The summed E-state index contributed by atoms with van der Waals surface area (Å²) >= 11 is 0. The molecule has 0 bridgehead atoms. The fraction of sp³-hybridized carbons (Fsp3) is 0.424. The van der Waals surface area contributed by atoms with Gasteiger partial charge in [-0.05, 0) is 85.7 Å². The van der Waals surface area contributed by atoms with Crippen LogP contribution < -0.4 is 0 Å².